The largest absolute Gasteiger partial charge is 0.481 e. The molecule has 6 nitrogen and oxygen atoms in total. The lowest BCUT2D eigenvalue weighted by atomic mass is 10.2. The van der Waals surface area contributed by atoms with Crippen molar-refractivity contribution in [3.8, 4) is 11.4 Å². The molecule has 0 saturated carbocycles. The minimum Gasteiger partial charge on any atom is -0.481 e. The molecule has 21 heavy (non-hydrogen) atoms. The number of rotatable bonds is 5. The van der Waals surface area contributed by atoms with Gasteiger partial charge in [-0.3, -0.25) is 9.47 Å². The molecule has 0 aliphatic heterocycles. The number of aromatic nitrogens is 4. The summed E-state index contributed by atoms with van der Waals surface area (Å²) in [4.78, 5) is 10.8. The van der Waals surface area contributed by atoms with Gasteiger partial charge in [0.1, 0.15) is 0 Å². The Kier molecular flexibility index (Phi) is 3.74. The molecule has 3 rings (SSSR count). The summed E-state index contributed by atoms with van der Waals surface area (Å²) in [6.45, 7) is 0. The summed E-state index contributed by atoms with van der Waals surface area (Å²) >= 11 is 1.14. The third-order valence-corrected chi connectivity index (χ3v) is 3.69. The monoisotopic (exact) mass is 300 g/mol. The van der Waals surface area contributed by atoms with Crippen LogP contribution in [0.3, 0.4) is 0 Å². The van der Waals surface area contributed by atoms with Crippen LogP contribution in [0.1, 0.15) is 0 Å². The van der Waals surface area contributed by atoms with Crippen molar-refractivity contribution in [1.82, 2.24) is 19.5 Å². The van der Waals surface area contributed by atoms with E-state index in [0.717, 1.165) is 17.3 Å². The van der Waals surface area contributed by atoms with E-state index >= 15 is 0 Å². The van der Waals surface area contributed by atoms with Gasteiger partial charge in [-0.25, -0.2) is 4.68 Å². The normalized spacial score (nSPS) is 10.7. The molecule has 0 aliphatic rings. The van der Waals surface area contributed by atoms with Gasteiger partial charge in [-0.05, 0) is 12.1 Å². The standard InChI is InChI=1S/C14H12N4O2S/c19-12(20)10-21-14-16-15-13(11-6-2-1-3-7-11)18(14)17-8-4-5-9-17/h1-9H,10H2,(H,19,20). The summed E-state index contributed by atoms with van der Waals surface area (Å²) in [7, 11) is 0. The highest BCUT2D eigenvalue weighted by atomic mass is 32.2. The second-order valence-corrected chi connectivity index (χ2v) is 5.17. The van der Waals surface area contributed by atoms with Gasteiger partial charge < -0.3 is 5.11 Å². The molecule has 0 aliphatic carbocycles. The van der Waals surface area contributed by atoms with E-state index in [-0.39, 0.29) is 5.75 Å². The number of thioether (sulfide) groups is 1. The molecule has 0 bridgehead atoms. The van der Waals surface area contributed by atoms with Crippen LogP contribution in [-0.4, -0.2) is 36.4 Å². The molecule has 106 valence electrons. The van der Waals surface area contributed by atoms with Gasteiger partial charge in [0.05, 0.1) is 5.75 Å². The summed E-state index contributed by atoms with van der Waals surface area (Å²) in [5.74, 6) is -0.281. The van der Waals surface area contributed by atoms with E-state index < -0.39 is 5.97 Å². The van der Waals surface area contributed by atoms with Gasteiger partial charge in [0.2, 0.25) is 5.16 Å². The zero-order valence-corrected chi connectivity index (χ0v) is 11.8. The Morgan fingerprint density at radius 3 is 2.48 bits per heavy atom. The average molecular weight is 300 g/mol. The van der Waals surface area contributed by atoms with E-state index in [1.165, 1.54) is 0 Å². The number of nitrogens with zero attached hydrogens (tertiary/aromatic N) is 4. The smallest absolute Gasteiger partial charge is 0.313 e. The van der Waals surface area contributed by atoms with Crippen LogP contribution in [0.15, 0.2) is 60.0 Å². The van der Waals surface area contributed by atoms with E-state index in [0.29, 0.717) is 11.0 Å². The van der Waals surface area contributed by atoms with Gasteiger partial charge in [-0.1, -0.05) is 42.1 Å². The van der Waals surface area contributed by atoms with Crippen LogP contribution in [0.4, 0.5) is 0 Å². The van der Waals surface area contributed by atoms with Crippen molar-refractivity contribution < 1.29 is 9.90 Å². The Bertz CT molecular complexity index is 738. The molecule has 7 heteroatoms. The lowest BCUT2D eigenvalue weighted by Gasteiger charge is -2.10. The van der Waals surface area contributed by atoms with Crippen molar-refractivity contribution in [2.45, 2.75) is 5.16 Å². The lowest BCUT2D eigenvalue weighted by Crippen LogP contribution is -2.11. The number of carbonyl (C=O) groups is 1. The van der Waals surface area contributed by atoms with Gasteiger partial charge in [0, 0.05) is 18.0 Å². The summed E-state index contributed by atoms with van der Waals surface area (Å²) in [5.41, 5.74) is 0.917. The Morgan fingerprint density at radius 1 is 1.10 bits per heavy atom. The van der Waals surface area contributed by atoms with Crippen molar-refractivity contribution in [3.63, 3.8) is 0 Å². The highest BCUT2D eigenvalue weighted by molar-refractivity contribution is 7.99. The van der Waals surface area contributed by atoms with Crippen LogP contribution in [-0.2, 0) is 4.79 Å². The Labute approximate surface area is 125 Å². The molecule has 3 aromatic rings. The number of aliphatic carboxylic acids is 1. The maximum Gasteiger partial charge on any atom is 0.313 e. The zero-order valence-electron chi connectivity index (χ0n) is 11.0. The van der Waals surface area contributed by atoms with Crippen molar-refractivity contribution in [2.75, 3.05) is 5.75 Å². The van der Waals surface area contributed by atoms with Crippen LogP contribution < -0.4 is 0 Å². The number of hydrogen-bond acceptors (Lipinski definition) is 4. The van der Waals surface area contributed by atoms with E-state index in [2.05, 4.69) is 10.2 Å². The number of benzene rings is 1. The number of hydrogen-bond donors (Lipinski definition) is 1. The Hall–Kier alpha value is -2.54. The fourth-order valence-corrected chi connectivity index (χ4v) is 2.57. The molecule has 0 unspecified atom stereocenters. The molecule has 0 fully saturated rings. The predicted molar refractivity (Wildman–Crippen MR) is 79.0 cm³/mol. The number of carboxylic acids is 1. The van der Waals surface area contributed by atoms with Crippen molar-refractivity contribution in [2.24, 2.45) is 0 Å². The Morgan fingerprint density at radius 2 is 1.81 bits per heavy atom. The zero-order chi connectivity index (χ0) is 14.7. The Balaban J connectivity index is 2.07. The lowest BCUT2D eigenvalue weighted by molar-refractivity contribution is -0.133. The van der Waals surface area contributed by atoms with Gasteiger partial charge in [0.15, 0.2) is 5.82 Å². The van der Waals surface area contributed by atoms with Crippen LogP contribution in [0.2, 0.25) is 0 Å². The molecule has 0 amide bonds. The third-order valence-electron chi connectivity index (χ3n) is 2.79. The molecule has 0 saturated heterocycles. The van der Waals surface area contributed by atoms with Gasteiger partial charge in [-0.15, -0.1) is 10.2 Å². The third kappa shape index (κ3) is 2.82. The van der Waals surface area contributed by atoms with E-state index in [1.54, 1.807) is 4.68 Å². The molecule has 0 radical (unpaired) electrons. The topological polar surface area (TPSA) is 72.9 Å². The molecule has 0 spiro atoms. The van der Waals surface area contributed by atoms with Crippen molar-refractivity contribution in [3.05, 3.63) is 54.9 Å². The van der Waals surface area contributed by atoms with E-state index in [4.69, 9.17) is 5.11 Å². The van der Waals surface area contributed by atoms with E-state index in [1.807, 2.05) is 59.5 Å². The van der Waals surface area contributed by atoms with Crippen molar-refractivity contribution >= 4 is 17.7 Å². The number of carboxylic acid groups (broad SMARTS) is 1. The minimum absolute atomic E-state index is 0.0613. The summed E-state index contributed by atoms with van der Waals surface area (Å²) in [6.07, 6.45) is 3.72. The fourth-order valence-electron chi connectivity index (χ4n) is 1.92. The first-order valence-corrected chi connectivity index (χ1v) is 7.23. The molecule has 1 aromatic carbocycles. The molecule has 1 N–H and O–H groups in total. The maximum absolute atomic E-state index is 10.8. The first-order chi connectivity index (χ1) is 10.3. The van der Waals surface area contributed by atoms with Crippen LogP contribution in [0, 0.1) is 0 Å². The second-order valence-electron chi connectivity index (χ2n) is 4.23. The highest BCUT2D eigenvalue weighted by Gasteiger charge is 2.16. The molecular formula is C14H12N4O2S. The molecule has 2 heterocycles. The van der Waals surface area contributed by atoms with Gasteiger partial charge in [-0.2, -0.15) is 0 Å². The first kappa shape index (κ1) is 13.4. The average Bonchev–Trinajstić information content (AvgIpc) is 3.15. The quantitative estimate of drug-likeness (QED) is 0.732. The van der Waals surface area contributed by atoms with Gasteiger partial charge >= 0.3 is 5.97 Å². The van der Waals surface area contributed by atoms with Gasteiger partial charge in [0.25, 0.3) is 0 Å². The predicted octanol–water partition coefficient (Wildman–Crippen LogP) is 2.23. The fraction of sp³-hybridized carbons (Fsp3) is 0.0714. The maximum atomic E-state index is 10.8. The summed E-state index contributed by atoms with van der Waals surface area (Å²) < 4.78 is 3.62. The van der Waals surface area contributed by atoms with Crippen LogP contribution in [0.5, 0.6) is 0 Å². The SMILES string of the molecule is O=C(O)CSc1nnc(-c2ccccc2)n1-n1cccc1. The summed E-state index contributed by atoms with van der Waals surface area (Å²) in [5, 5.41) is 17.7. The molecule has 2 aromatic heterocycles. The second kappa shape index (κ2) is 5.84. The first-order valence-electron chi connectivity index (χ1n) is 6.25. The molecular weight excluding hydrogens is 288 g/mol. The minimum atomic E-state index is -0.886. The molecule has 0 atom stereocenters. The van der Waals surface area contributed by atoms with E-state index in [9.17, 15) is 4.79 Å². The van der Waals surface area contributed by atoms with Crippen molar-refractivity contribution in [1.29, 1.82) is 0 Å². The van der Waals surface area contributed by atoms with Crippen LogP contribution in [0.25, 0.3) is 11.4 Å². The highest BCUT2D eigenvalue weighted by Crippen LogP contribution is 2.24. The summed E-state index contributed by atoms with van der Waals surface area (Å²) in [6, 6.07) is 13.4. The van der Waals surface area contributed by atoms with Crippen LogP contribution >= 0.6 is 11.8 Å².